The molecule has 0 bridgehead atoms. The van der Waals surface area contributed by atoms with Crippen molar-refractivity contribution in [2.75, 3.05) is 0 Å². The molecule has 0 aliphatic heterocycles. The molecule has 0 radical (unpaired) electrons. The summed E-state index contributed by atoms with van der Waals surface area (Å²) in [6.07, 6.45) is 0. The van der Waals surface area contributed by atoms with Gasteiger partial charge in [-0.1, -0.05) is 115 Å². The van der Waals surface area contributed by atoms with E-state index in [2.05, 4.69) is 124 Å². The number of rotatable bonds is 3. The molecule has 0 N–H and O–H groups in total. The van der Waals surface area contributed by atoms with Crippen molar-refractivity contribution in [3.8, 4) is 28.1 Å². The van der Waals surface area contributed by atoms with E-state index in [1.165, 1.54) is 10.8 Å². The van der Waals surface area contributed by atoms with E-state index in [0.717, 1.165) is 55.4 Å². The number of benzene rings is 6. The second kappa shape index (κ2) is 9.51. The van der Waals surface area contributed by atoms with Crippen LogP contribution in [0.2, 0.25) is 0 Å². The predicted molar refractivity (Wildman–Crippen MR) is 182 cm³/mol. The lowest BCUT2D eigenvalue weighted by Crippen LogP contribution is -2.13. The first-order valence-corrected chi connectivity index (χ1v) is 14.8. The number of fused-ring (bicyclic) bond motifs is 8. The van der Waals surface area contributed by atoms with Gasteiger partial charge in [0.05, 0.1) is 27.6 Å². The topological polar surface area (TPSA) is 39.3 Å². The molecule has 3 aromatic heterocycles. The average molecular weight is 564 g/mol. The number of para-hydroxylation sites is 3. The summed E-state index contributed by atoms with van der Waals surface area (Å²) in [6, 6.07) is 52.5. The molecule has 0 atom stereocenters. The van der Waals surface area contributed by atoms with E-state index < -0.39 is 0 Å². The van der Waals surface area contributed by atoms with Gasteiger partial charge < -0.3 is 4.57 Å². The maximum absolute atomic E-state index is 13.4. The van der Waals surface area contributed by atoms with Crippen LogP contribution >= 0.6 is 0 Å². The van der Waals surface area contributed by atoms with Crippen molar-refractivity contribution >= 4 is 49.1 Å². The van der Waals surface area contributed by atoms with Crippen LogP contribution in [0, 0.1) is 0 Å². The van der Waals surface area contributed by atoms with Gasteiger partial charge in [0.15, 0.2) is 0 Å². The van der Waals surface area contributed by atoms with Crippen molar-refractivity contribution in [3.05, 3.63) is 162 Å². The Morgan fingerprint density at radius 3 is 1.82 bits per heavy atom. The molecule has 3 heterocycles. The van der Waals surface area contributed by atoms with Gasteiger partial charge in [-0.25, -0.2) is 0 Å². The van der Waals surface area contributed by atoms with Gasteiger partial charge in [-0.05, 0) is 47.3 Å². The molecular weight excluding hydrogens is 538 g/mol. The SMILES string of the molecule is O=c1nc2c3ccccc3c(-c3ccccc3)c(-c3ccc4c5ccccc5n(-c5ccccc5)c4c3)n2c2ccccc12. The summed E-state index contributed by atoms with van der Waals surface area (Å²) in [5.41, 5.74) is 8.91. The maximum atomic E-state index is 13.4. The van der Waals surface area contributed by atoms with Crippen molar-refractivity contribution in [2.45, 2.75) is 0 Å². The number of aromatic nitrogens is 3. The van der Waals surface area contributed by atoms with Gasteiger partial charge >= 0.3 is 0 Å². The Labute approximate surface area is 252 Å². The third-order valence-electron chi connectivity index (χ3n) is 8.72. The normalized spacial score (nSPS) is 11.7. The van der Waals surface area contributed by atoms with Crippen LogP contribution in [0.25, 0.3) is 77.2 Å². The summed E-state index contributed by atoms with van der Waals surface area (Å²) >= 11 is 0. The summed E-state index contributed by atoms with van der Waals surface area (Å²) in [7, 11) is 0. The molecule has 6 aromatic carbocycles. The number of nitrogens with zero attached hydrogens (tertiary/aromatic N) is 3. The van der Waals surface area contributed by atoms with Gasteiger partial charge in [-0.15, -0.1) is 0 Å². The lowest BCUT2D eigenvalue weighted by atomic mass is 9.92. The van der Waals surface area contributed by atoms with Crippen LogP contribution in [0.5, 0.6) is 0 Å². The molecule has 4 nitrogen and oxygen atoms in total. The zero-order chi connectivity index (χ0) is 29.2. The van der Waals surface area contributed by atoms with Crippen molar-refractivity contribution in [1.82, 2.24) is 14.0 Å². The van der Waals surface area contributed by atoms with Crippen LogP contribution in [0.4, 0.5) is 0 Å². The molecule has 0 aliphatic carbocycles. The third-order valence-corrected chi connectivity index (χ3v) is 8.72. The summed E-state index contributed by atoms with van der Waals surface area (Å²) in [5.74, 6) is 0. The lowest BCUT2D eigenvalue weighted by molar-refractivity contribution is 1.15. The van der Waals surface area contributed by atoms with Gasteiger partial charge in [0, 0.05) is 33.0 Å². The van der Waals surface area contributed by atoms with Crippen LogP contribution in [-0.4, -0.2) is 14.0 Å². The Bertz CT molecular complexity index is 2620. The highest BCUT2D eigenvalue weighted by atomic mass is 16.1. The number of hydrogen-bond acceptors (Lipinski definition) is 2. The molecule has 9 aromatic rings. The molecule has 0 unspecified atom stereocenters. The summed E-state index contributed by atoms with van der Waals surface area (Å²) in [6.45, 7) is 0. The number of pyridine rings is 1. The third kappa shape index (κ3) is 3.52. The monoisotopic (exact) mass is 563 g/mol. The fourth-order valence-electron chi connectivity index (χ4n) is 6.86. The summed E-state index contributed by atoms with van der Waals surface area (Å²) in [5, 5.41) is 4.99. The van der Waals surface area contributed by atoms with Crippen LogP contribution in [-0.2, 0) is 0 Å². The Morgan fingerprint density at radius 1 is 0.455 bits per heavy atom. The molecule has 0 saturated carbocycles. The molecule has 0 amide bonds. The van der Waals surface area contributed by atoms with Gasteiger partial charge in [-0.2, -0.15) is 4.98 Å². The van der Waals surface area contributed by atoms with E-state index in [9.17, 15) is 4.79 Å². The van der Waals surface area contributed by atoms with E-state index in [1.54, 1.807) is 0 Å². The quantitative estimate of drug-likeness (QED) is 0.201. The minimum Gasteiger partial charge on any atom is -0.309 e. The Hall–Kier alpha value is -6.00. The van der Waals surface area contributed by atoms with Gasteiger partial charge in [-0.3, -0.25) is 9.20 Å². The highest BCUT2D eigenvalue weighted by Gasteiger charge is 2.22. The van der Waals surface area contributed by atoms with E-state index in [0.29, 0.717) is 11.0 Å². The molecule has 0 spiro atoms. The van der Waals surface area contributed by atoms with E-state index in [1.807, 2.05) is 36.4 Å². The van der Waals surface area contributed by atoms with Crippen molar-refractivity contribution in [1.29, 1.82) is 0 Å². The summed E-state index contributed by atoms with van der Waals surface area (Å²) < 4.78 is 4.54. The van der Waals surface area contributed by atoms with Crippen LogP contribution in [0.3, 0.4) is 0 Å². The standard InChI is InChI=1S/C40H25N3O/c44-40-33-20-10-12-22-35(33)43-38(37(26-13-3-1-4-14-26)31-18-7-8-19-32(31)39(43)41-40)27-23-24-30-29-17-9-11-21-34(29)42(36(30)25-27)28-15-5-2-6-16-28/h1-25H. The molecular formula is C40H25N3O. The van der Waals surface area contributed by atoms with Crippen LogP contribution in [0.1, 0.15) is 0 Å². The average Bonchev–Trinajstić information content (AvgIpc) is 3.42. The minimum atomic E-state index is -0.219. The molecule has 4 heteroatoms. The van der Waals surface area contributed by atoms with Crippen LogP contribution in [0.15, 0.2) is 156 Å². The molecule has 0 aliphatic rings. The molecule has 206 valence electrons. The largest absolute Gasteiger partial charge is 0.309 e. The predicted octanol–water partition coefficient (Wildman–Crippen LogP) is 9.43. The first-order chi connectivity index (χ1) is 21.8. The zero-order valence-electron chi connectivity index (χ0n) is 23.7. The van der Waals surface area contributed by atoms with Gasteiger partial charge in [0.25, 0.3) is 5.56 Å². The fourth-order valence-corrected chi connectivity index (χ4v) is 6.86. The highest BCUT2D eigenvalue weighted by Crippen LogP contribution is 2.42. The van der Waals surface area contributed by atoms with E-state index >= 15 is 0 Å². The summed E-state index contributed by atoms with van der Waals surface area (Å²) in [4.78, 5) is 18.1. The smallest absolute Gasteiger partial charge is 0.281 e. The van der Waals surface area contributed by atoms with Crippen molar-refractivity contribution < 1.29 is 0 Å². The Morgan fingerprint density at radius 2 is 1.05 bits per heavy atom. The van der Waals surface area contributed by atoms with Gasteiger partial charge in [0.2, 0.25) is 0 Å². The second-order valence-electron chi connectivity index (χ2n) is 11.1. The van der Waals surface area contributed by atoms with Crippen molar-refractivity contribution in [2.24, 2.45) is 0 Å². The van der Waals surface area contributed by atoms with E-state index in [4.69, 9.17) is 4.98 Å². The molecule has 44 heavy (non-hydrogen) atoms. The molecule has 0 saturated heterocycles. The first-order valence-electron chi connectivity index (χ1n) is 14.8. The second-order valence-corrected chi connectivity index (χ2v) is 11.1. The Balaban J connectivity index is 1.52. The Kier molecular flexibility index (Phi) is 5.32. The fraction of sp³-hybridized carbons (Fsp3) is 0. The minimum absolute atomic E-state index is 0.219. The molecule has 0 fully saturated rings. The van der Waals surface area contributed by atoms with Crippen LogP contribution < -0.4 is 5.56 Å². The van der Waals surface area contributed by atoms with E-state index in [-0.39, 0.29) is 5.56 Å². The van der Waals surface area contributed by atoms with Gasteiger partial charge in [0.1, 0.15) is 5.65 Å². The highest BCUT2D eigenvalue weighted by molar-refractivity contribution is 6.13. The maximum Gasteiger partial charge on any atom is 0.281 e. The van der Waals surface area contributed by atoms with Crippen molar-refractivity contribution in [3.63, 3.8) is 0 Å². The first kappa shape index (κ1) is 24.6. The zero-order valence-corrected chi connectivity index (χ0v) is 23.7. The lowest BCUT2D eigenvalue weighted by Gasteiger charge is -2.21. The molecule has 9 rings (SSSR count). The number of hydrogen-bond donors (Lipinski definition) is 0.